The molecule has 0 unspecified atom stereocenters. The minimum Gasteiger partial charge on any atom is -0.481 e. The van der Waals surface area contributed by atoms with Gasteiger partial charge < -0.3 is 10.0 Å². The van der Waals surface area contributed by atoms with Crippen molar-refractivity contribution >= 4 is 11.9 Å². The number of aliphatic carboxylic acids is 1. The molecule has 23 heavy (non-hydrogen) atoms. The molecule has 2 fully saturated rings. The third-order valence-electron chi connectivity index (χ3n) is 4.61. The fraction of sp³-hybridized carbons (Fsp3) is 0.533. The summed E-state index contributed by atoms with van der Waals surface area (Å²) in [7, 11) is 0. The number of carboxylic acid groups (broad SMARTS) is 1. The van der Waals surface area contributed by atoms with Crippen molar-refractivity contribution < 1.29 is 27.9 Å². The van der Waals surface area contributed by atoms with Crippen LogP contribution in [0.5, 0.6) is 0 Å². The molecule has 8 heteroatoms. The van der Waals surface area contributed by atoms with Gasteiger partial charge in [0.05, 0.1) is 23.6 Å². The predicted octanol–water partition coefficient (Wildman–Crippen LogP) is 1.82. The van der Waals surface area contributed by atoms with Crippen LogP contribution < -0.4 is 0 Å². The van der Waals surface area contributed by atoms with Crippen molar-refractivity contribution in [3.63, 3.8) is 0 Å². The Hall–Kier alpha value is -2.12. The van der Waals surface area contributed by atoms with Crippen molar-refractivity contribution in [2.45, 2.75) is 19.0 Å². The Morgan fingerprint density at radius 3 is 2.74 bits per heavy atom. The quantitative estimate of drug-likeness (QED) is 0.919. The fourth-order valence-corrected chi connectivity index (χ4v) is 3.35. The number of alkyl halides is 3. The van der Waals surface area contributed by atoms with Crippen LogP contribution in [-0.4, -0.2) is 40.0 Å². The molecule has 1 saturated heterocycles. The van der Waals surface area contributed by atoms with Gasteiger partial charge in [0, 0.05) is 19.3 Å². The molecule has 2 heterocycles. The Bertz CT molecular complexity index is 647. The lowest BCUT2D eigenvalue weighted by molar-refractivity contribution is -0.139. The SMILES string of the molecule is O=C(O)[C@@H]1[C@@H]2CCN(C(=O)Cc3cc(C(F)(F)F)ccn3)C[C@@H]21. The Balaban J connectivity index is 1.63. The summed E-state index contributed by atoms with van der Waals surface area (Å²) in [5, 5.41) is 9.03. The first kappa shape index (κ1) is 15.8. The highest BCUT2D eigenvalue weighted by Crippen LogP contribution is 2.51. The summed E-state index contributed by atoms with van der Waals surface area (Å²) in [6.07, 6.45) is -3.01. The number of carbonyl (C=O) groups excluding carboxylic acids is 1. The summed E-state index contributed by atoms with van der Waals surface area (Å²) < 4.78 is 38.0. The smallest absolute Gasteiger partial charge is 0.416 e. The number of fused-ring (bicyclic) bond motifs is 1. The van der Waals surface area contributed by atoms with Crippen molar-refractivity contribution in [3.8, 4) is 0 Å². The van der Waals surface area contributed by atoms with Gasteiger partial charge in [-0.25, -0.2) is 0 Å². The molecule has 1 N–H and O–H groups in total. The molecule has 3 rings (SSSR count). The highest BCUT2D eigenvalue weighted by molar-refractivity contribution is 5.79. The lowest BCUT2D eigenvalue weighted by atomic mass is 10.1. The molecule has 1 saturated carbocycles. The van der Waals surface area contributed by atoms with E-state index in [0.717, 1.165) is 18.3 Å². The van der Waals surface area contributed by atoms with Gasteiger partial charge in [-0.3, -0.25) is 14.6 Å². The Labute approximate surface area is 130 Å². The minimum absolute atomic E-state index is 0.0281. The van der Waals surface area contributed by atoms with E-state index in [9.17, 15) is 22.8 Å². The molecule has 1 aliphatic heterocycles. The van der Waals surface area contributed by atoms with Crippen LogP contribution in [-0.2, 0) is 22.2 Å². The number of carboxylic acids is 1. The molecule has 1 aromatic heterocycles. The molecular formula is C15H15F3N2O3. The van der Waals surface area contributed by atoms with Crippen LogP contribution in [0.3, 0.4) is 0 Å². The zero-order valence-electron chi connectivity index (χ0n) is 12.1. The Morgan fingerprint density at radius 2 is 2.09 bits per heavy atom. The van der Waals surface area contributed by atoms with Crippen molar-refractivity contribution in [2.24, 2.45) is 17.8 Å². The minimum atomic E-state index is -4.47. The van der Waals surface area contributed by atoms with Crippen LogP contribution in [0.25, 0.3) is 0 Å². The average molecular weight is 328 g/mol. The van der Waals surface area contributed by atoms with Crippen LogP contribution in [0.15, 0.2) is 18.3 Å². The normalized spacial score (nSPS) is 26.6. The number of piperidine rings is 1. The first-order chi connectivity index (χ1) is 10.8. The zero-order valence-corrected chi connectivity index (χ0v) is 12.1. The van der Waals surface area contributed by atoms with Gasteiger partial charge in [-0.05, 0) is 30.4 Å². The fourth-order valence-electron chi connectivity index (χ4n) is 3.35. The van der Waals surface area contributed by atoms with E-state index < -0.39 is 17.7 Å². The van der Waals surface area contributed by atoms with Crippen molar-refractivity contribution in [1.29, 1.82) is 0 Å². The molecule has 1 aromatic rings. The molecule has 3 atom stereocenters. The summed E-state index contributed by atoms with van der Waals surface area (Å²) in [6, 6.07) is 1.74. The van der Waals surface area contributed by atoms with Crippen LogP contribution >= 0.6 is 0 Å². The van der Waals surface area contributed by atoms with E-state index in [1.165, 1.54) is 4.90 Å². The highest BCUT2D eigenvalue weighted by Gasteiger charge is 2.57. The lowest BCUT2D eigenvalue weighted by Crippen LogP contribution is -2.38. The number of rotatable bonds is 3. The van der Waals surface area contributed by atoms with E-state index in [0.29, 0.717) is 19.5 Å². The lowest BCUT2D eigenvalue weighted by Gasteiger charge is -2.26. The number of hydrogen-bond acceptors (Lipinski definition) is 3. The number of pyridine rings is 1. The maximum atomic E-state index is 12.7. The van der Waals surface area contributed by atoms with Gasteiger partial charge >= 0.3 is 12.1 Å². The Kier molecular flexibility index (Phi) is 3.77. The summed E-state index contributed by atoms with van der Waals surface area (Å²) in [5.74, 6) is -1.44. The Morgan fingerprint density at radius 1 is 1.35 bits per heavy atom. The molecule has 5 nitrogen and oxygen atoms in total. The van der Waals surface area contributed by atoms with Gasteiger partial charge in [-0.15, -0.1) is 0 Å². The summed E-state index contributed by atoms with van der Waals surface area (Å²) in [5.41, 5.74) is -0.764. The molecule has 0 spiro atoms. The molecule has 0 aromatic carbocycles. The summed E-state index contributed by atoms with van der Waals surface area (Å²) in [4.78, 5) is 28.6. The third kappa shape index (κ3) is 3.16. The number of amides is 1. The molecule has 0 radical (unpaired) electrons. The monoisotopic (exact) mass is 328 g/mol. The maximum absolute atomic E-state index is 12.7. The number of aromatic nitrogens is 1. The molecular weight excluding hydrogens is 313 g/mol. The second-order valence-corrected chi connectivity index (χ2v) is 6.03. The number of halogens is 3. The van der Waals surface area contributed by atoms with Crippen molar-refractivity contribution in [3.05, 3.63) is 29.6 Å². The first-order valence-corrected chi connectivity index (χ1v) is 7.30. The van der Waals surface area contributed by atoms with E-state index in [-0.39, 0.29) is 35.8 Å². The third-order valence-corrected chi connectivity index (χ3v) is 4.61. The van der Waals surface area contributed by atoms with Gasteiger partial charge in [-0.2, -0.15) is 13.2 Å². The van der Waals surface area contributed by atoms with Crippen LogP contribution in [0.2, 0.25) is 0 Å². The van der Waals surface area contributed by atoms with Crippen molar-refractivity contribution in [2.75, 3.05) is 13.1 Å². The van der Waals surface area contributed by atoms with Gasteiger partial charge in [0.25, 0.3) is 0 Å². The number of carbonyl (C=O) groups is 2. The van der Waals surface area contributed by atoms with Crippen LogP contribution in [0.1, 0.15) is 17.7 Å². The maximum Gasteiger partial charge on any atom is 0.416 e. The van der Waals surface area contributed by atoms with Gasteiger partial charge in [0.2, 0.25) is 5.91 Å². The predicted molar refractivity (Wildman–Crippen MR) is 72.2 cm³/mol. The van der Waals surface area contributed by atoms with E-state index in [2.05, 4.69) is 4.98 Å². The van der Waals surface area contributed by atoms with Crippen molar-refractivity contribution in [1.82, 2.24) is 9.88 Å². The standard InChI is InChI=1S/C15H15F3N2O3/c16-15(17,18)8-1-3-19-9(5-8)6-12(21)20-4-2-10-11(7-20)13(10)14(22)23/h1,3,5,10-11,13H,2,4,6-7H2,(H,22,23)/t10-,11+,13-/m1/s1. The molecule has 2 aliphatic rings. The first-order valence-electron chi connectivity index (χ1n) is 7.30. The molecule has 1 amide bonds. The van der Waals surface area contributed by atoms with Gasteiger partial charge in [0.1, 0.15) is 0 Å². The van der Waals surface area contributed by atoms with Gasteiger partial charge in [-0.1, -0.05) is 0 Å². The summed E-state index contributed by atoms with van der Waals surface area (Å²) in [6.45, 7) is 0.808. The van der Waals surface area contributed by atoms with Crippen LogP contribution in [0, 0.1) is 17.8 Å². The molecule has 0 bridgehead atoms. The van der Waals surface area contributed by atoms with E-state index in [1.807, 2.05) is 0 Å². The second-order valence-electron chi connectivity index (χ2n) is 6.03. The molecule has 1 aliphatic carbocycles. The molecule has 124 valence electrons. The number of likely N-dealkylation sites (tertiary alicyclic amines) is 1. The second kappa shape index (κ2) is 5.50. The zero-order chi connectivity index (χ0) is 16.8. The largest absolute Gasteiger partial charge is 0.481 e. The van der Waals surface area contributed by atoms with Gasteiger partial charge in [0.15, 0.2) is 0 Å². The van der Waals surface area contributed by atoms with E-state index >= 15 is 0 Å². The average Bonchev–Trinajstić information content (AvgIpc) is 3.20. The topological polar surface area (TPSA) is 70.5 Å². The van der Waals surface area contributed by atoms with E-state index in [1.54, 1.807) is 0 Å². The number of nitrogens with zero attached hydrogens (tertiary/aromatic N) is 2. The summed E-state index contributed by atoms with van der Waals surface area (Å²) >= 11 is 0. The highest BCUT2D eigenvalue weighted by atomic mass is 19.4. The van der Waals surface area contributed by atoms with E-state index in [4.69, 9.17) is 5.11 Å². The number of hydrogen-bond donors (Lipinski definition) is 1. The van der Waals surface area contributed by atoms with Crippen LogP contribution in [0.4, 0.5) is 13.2 Å².